The van der Waals surface area contributed by atoms with Gasteiger partial charge in [0.2, 0.25) is 13.6 Å². The fraction of sp³-hybridized carbons (Fsp3) is 0.316. The first-order valence-corrected chi connectivity index (χ1v) is 8.46. The van der Waals surface area contributed by atoms with E-state index in [4.69, 9.17) is 18.9 Å². The quantitative estimate of drug-likeness (QED) is 0.879. The second kappa shape index (κ2) is 6.67. The summed E-state index contributed by atoms with van der Waals surface area (Å²) in [5, 5.41) is 5.88. The minimum Gasteiger partial charge on any atom is -0.454 e. The fourth-order valence-electron chi connectivity index (χ4n) is 2.97. The molecule has 0 spiro atoms. The molecule has 2 unspecified atom stereocenters. The maximum atomic E-state index is 12.3. The first-order chi connectivity index (χ1) is 12.6. The van der Waals surface area contributed by atoms with E-state index in [-0.39, 0.29) is 31.7 Å². The Hall–Kier alpha value is -3.09. The first-order valence-electron chi connectivity index (χ1n) is 8.46. The van der Waals surface area contributed by atoms with Crippen molar-refractivity contribution in [1.29, 1.82) is 0 Å². The van der Waals surface area contributed by atoms with Crippen molar-refractivity contribution in [3.05, 3.63) is 47.5 Å². The van der Waals surface area contributed by atoms with Crippen LogP contribution in [0, 0.1) is 0 Å². The zero-order valence-corrected chi connectivity index (χ0v) is 14.6. The number of hydrogen-bond donors (Lipinski definition) is 2. The van der Waals surface area contributed by atoms with Crippen molar-refractivity contribution in [2.75, 3.05) is 13.6 Å². The van der Waals surface area contributed by atoms with Gasteiger partial charge < -0.3 is 29.6 Å². The number of carbonyl (C=O) groups excluding carboxylic acids is 1. The summed E-state index contributed by atoms with van der Waals surface area (Å²) in [6.45, 7) is 4.30. The van der Waals surface area contributed by atoms with Crippen LogP contribution < -0.4 is 29.6 Å². The van der Waals surface area contributed by atoms with Crippen molar-refractivity contribution in [2.24, 2.45) is 0 Å². The van der Waals surface area contributed by atoms with Crippen molar-refractivity contribution in [1.82, 2.24) is 10.6 Å². The number of fused-ring (bicyclic) bond motifs is 2. The highest BCUT2D eigenvalue weighted by Gasteiger charge is 2.19. The third-order valence-corrected chi connectivity index (χ3v) is 4.49. The van der Waals surface area contributed by atoms with E-state index in [0.717, 1.165) is 22.6 Å². The molecule has 2 heterocycles. The molecule has 4 rings (SSSR count). The van der Waals surface area contributed by atoms with Crippen molar-refractivity contribution in [3.63, 3.8) is 0 Å². The minimum absolute atomic E-state index is 0.173. The molecule has 0 bridgehead atoms. The van der Waals surface area contributed by atoms with Crippen molar-refractivity contribution >= 4 is 6.03 Å². The second-order valence-electron chi connectivity index (χ2n) is 6.29. The first kappa shape index (κ1) is 16.4. The van der Waals surface area contributed by atoms with Gasteiger partial charge in [0.15, 0.2) is 23.0 Å². The summed E-state index contributed by atoms with van der Waals surface area (Å²) in [5.74, 6) is 2.85. The van der Waals surface area contributed by atoms with Crippen LogP contribution in [0.25, 0.3) is 0 Å². The number of carbonyl (C=O) groups is 1. The van der Waals surface area contributed by atoms with Gasteiger partial charge in [-0.15, -0.1) is 0 Å². The standard InChI is InChI=1S/C19H20N2O5/c1-11(13-3-5-15-17(7-13)25-9-23-15)20-19(22)21-12(2)14-4-6-16-18(8-14)26-10-24-16/h3-8,11-12H,9-10H2,1-2H3,(H2,20,21,22). The molecule has 2 aromatic rings. The van der Waals surface area contributed by atoms with E-state index in [2.05, 4.69) is 10.6 Å². The van der Waals surface area contributed by atoms with Crippen LogP contribution in [0.15, 0.2) is 36.4 Å². The molecule has 2 aromatic carbocycles. The lowest BCUT2D eigenvalue weighted by Crippen LogP contribution is -2.38. The van der Waals surface area contributed by atoms with Gasteiger partial charge in [0.25, 0.3) is 0 Å². The minimum atomic E-state index is -0.250. The molecular weight excluding hydrogens is 336 g/mol. The zero-order chi connectivity index (χ0) is 18.1. The lowest BCUT2D eigenvalue weighted by atomic mass is 10.1. The Kier molecular flexibility index (Phi) is 4.20. The second-order valence-corrected chi connectivity index (χ2v) is 6.29. The van der Waals surface area contributed by atoms with Crippen LogP contribution in [-0.4, -0.2) is 19.6 Å². The smallest absolute Gasteiger partial charge is 0.315 e. The molecule has 7 heteroatoms. The largest absolute Gasteiger partial charge is 0.454 e. The van der Waals surface area contributed by atoms with E-state index in [1.165, 1.54) is 0 Å². The van der Waals surface area contributed by atoms with Crippen LogP contribution in [0.1, 0.15) is 37.1 Å². The van der Waals surface area contributed by atoms with Gasteiger partial charge in [0.1, 0.15) is 0 Å². The molecule has 0 aromatic heterocycles. The van der Waals surface area contributed by atoms with E-state index in [1.807, 2.05) is 50.2 Å². The molecule has 0 saturated carbocycles. The Morgan fingerprint density at radius 1 is 0.769 bits per heavy atom. The highest BCUT2D eigenvalue weighted by Crippen LogP contribution is 2.35. The van der Waals surface area contributed by atoms with E-state index in [0.29, 0.717) is 11.5 Å². The molecule has 2 N–H and O–H groups in total. The molecule has 2 aliphatic rings. The third-order valence-electron chi connectivity index (χ3n) is 4.49. The normalized spacial score (nSPS) is 16.1. The number of amides is 2. The van der Waals surface area contributed by atoms with Gasteiger partial charge in [-0.2, -0.15) is 0 Å². The Labute approximate surface area is 151 Å². The molecule has 26 heavy (non-hydrogen) atoms. The predicted octanol–water partition coefficient (Wildman–Crippen LogP) is 3.27. The summed E-state index contributed by atoms with van der Waals surface area (Å²) in [6, 6.07) is 10.7. The summed E-state index contributed by atoms with van der Waals surface area (Å²) in [4.78, 5) is 12.3. The van der Waals surface area contributed by atoms with Gasteiger partial charge in [0.05, 0.1) is 12.1 Å². The Bertz CT molecular complexity index is 771. The van der Waals surface area contributed by atoms with Crippen LogP contribution in [0.5, 0.6) is 23.0 Å². The number of benzene rings is 2. The highest BCUT2D eigenvalue weighted by molar-refractivity contribution is 5.75. The average Bonchev–Trinajstić information content (AvgIpc) is 3.28. The van der Waals surface area contributed by atoms with Crippen LogP contribution >= 0.6 is 0 Å². The number of hydrogen-bond acceptors (Lipinski definition) is 5. The van der Waals surface area contributed by atoms with E-state index in [1.54, 1.807) is 0 Å². The lowest BCUT2D eigenvalue weighted by molar-refractivity contribution is 0.173. The molecule has 2 atom stereocenters. The van der Waals surface area contributed by atoms with E-state index < -0.39 is 0 Å². The lowest BCUT2D eigenvalue weighted by Gasteiger charge is -2.19. The maximum Gasteiger partial charge on any atom is 0.315 e. The maximum absolute atomic E-state index is 12.3. The summed E-state index contributed by atoms with van der Waals surface area (Å²) < 4.78 is 21.4. The Balaban J connectivity index is 1.37. The molecule has 7 nitrogen and oxygen atoms in total. The van der Waals surface area contributed by atoms with E-state index >= 15 is 0 Å². The van der Waals surface area contributed by atoms with Crippen LogP contribution in [-0.2, 0) is 0 Å². The van der Waals surface area contributed by atoms with Gasteiger partial charge in [-0.05, 0) is 49.2 Å². The SMILES string of the molecule is CC(NC(=O)NC(C)c1ccc2c(c1)OCO2)c1ccc2c(c1)OCO2. The molecule has 0 radical (unpaired) electrons. The van der Waals surface area contributed by atoms with Crippen molar-refractivity contribution in [3.8, 4) is 23.0 Å². The number of rotatable bonds is 4. The molecule has 0 saturated heterocycles. The molecule has 0 fully saturated rings. The molecule has 2 amide bonds. The molecule has 136 valence electrons. The molecule has 0 aliphatic carbocycles. The van der Waals surface area contributed by atoms with Gasteiger partial charge in [0, 0.05) is 0 Å². The van der Waals surface area contributed by atoms with E-state index in [9.17, 15) is 4.79 Å². The van der Waals surface area contributed by atoms with Gasteiger partial charge in [-0.3, -0.25) is 0 Å². The number of nitrogens with one attached hydrogen (secondary N) is 2. The number of urea groups is 1. The predicted molar refractivity (Wildman–Crippen MR) is 93.6 cm³/mol. The summed E-state index contributed by atoms with van der Waals surface area (Å²) in [7, 11) is 0. The third kappa shape index (κ3) is 3.20. The molecular formula is C19H20N2O5. The van der Waals surface area contributed by atoms with Gasteiger partial charge in [-0.25, -0.2) is 4.79 Å². The average molecular weight is 356 g/mol. The summed E-state index contributed by atoms with van der Waals surface area (Å²) >= 11 is 0. The van der Waals surface area contributed by atoms with Gasteiger partial charge >= 0.3 is 6.03 Å². The van der Waals surface area contributed by atoms with Crippen LogP contribution in [0.2, 0.25) is 0 Å². The zero-order valence-electron chi connectivity index (χ0n) is 14.6. The van der Waals surface area contributed by atoms with Crippen LogP contribution in [0.3, 0.4) is 0 Å². The Morgan fingerprint density at radius 3 is 1.65 bits per heavy atom. The topological polar surface area (TPSA) is 78.1 Å². The highest BCUT2D eigenvalue weighted by atomic mass is 16.7. The van der Waals surface area contributed by atoms with Crippen molar-refractivity contribution in [2.45, 2.75) is 25.9 Å². The summed E-state index contributed by atoms with van der Waals surface area (Å²) in [5.41, 5.74) is 1.89. The monoisotopic (exact) mass is 356 g/mol. The molecule has 2 aliphatic heterocycles. The fourth-order valence-corrected chi connectivity index (χ4v) is 2.97. The van der Waals surface area contributed by atoms with Crippen LogP contribution in [0.4, 0.5) is 4.79 Å². The van der Waals surface area contributed by atoms with Crippen molar-refractivity contribution < 1.29 is 23.7 Å². The number of ether oxygens (including phenoxy) is 4. The van der Waals surface area contributed by atoms with Gasteiger partial charge in [-0.1, -0.05) is 12.1 Å². The summed E-state index contributed by atoms with van der Waals surface area (Å²) in [6.07, 6.45) is 0. The Morgan fingerprint density at radius 2 is 1.19 bits per heavy atom.